The zero-order valence-corrected chi connectivity index (χ0v) is 14.9. The highest BCUT2D eigenvalue weighted by Crippen LogP contribution is 2.08. The predicted octanol–water partition coefficient (Wildman–Crippen LogP) is 2.21. The van der Waals surface area contributed by atoms with Crippen LogP contribution in [0.2, 0.25) is 0 Å². The van der Waals surface area contributed by atoms with E-state index in [1.54, 1.807) is 10.9 Å². The second-order valence-corrected chi connectivity index (χ2v) is 6.87. The summed E-state index contributed by atoms with van der Waals surface area (Å²) in [6.07, 6.45) is 2.87. The molecule has 1 saturated heterocycles. The standard InChI is InChI=1S/C21H24N4O/c26-21-20-9-5-4-8-19(20)16-22-25(21)17-24-14-12-23(13-15-24)11-10-18-6-2-1-3-7-18/h1-9,16H,10-15,17H2. The van der Waals surface area contributed by atoms with Crippen LogP contribution in [0.3, 0.4) is 0 Å². The van der Waals surface area contributed by atoms with Gasteiger partial charge in [0.1, 0.15) is 0 Å². The third-order valence-corrected chi connectivity index (χ3v) is 5.12. The number of aromatic nitrogens is 2. The van der Waals surface area contributed by atoms with Crippen molar-refractivity contribution < 1.29 is 0 Å². The van der Waals surface area contributed by atoms with Gasteiger partial charge in [-0.15, -0.1) is 0 Å². The van der Waals surface area contributed by atoms with Crippen LogP contribution in [-0.4, -0.2) is 52.3 Å². The molecule has 1 aliphatic rings. The number of hydrogen-bond donors (Lipinski definition) is 0. The van der Waals surface area contributed by atoms with Crippen molar-refractivity contribution in [3.05, 3.63) is 76.7 Å². The van der Waals surface area contributed by atoms with Gasteiger partial charge < -0.3 is 4.90 Å². The molecule has 0 saturated carbocycles. The Labute approximate surface area is 153 Å². The van der Waals surface area contributed by atoms with E-state index in [0.29, 0.717) is 6.67 Å². The lowest BCUT2D eigenvalue weighted by Crippen LogP contribution is -2.48. The van der Waals surface area contributed by atoms with E-state index in [4.69, 9.17) is 0 Å². The maximum Gasteiger partial charge on any atom is 0.275 e. The first-order valence-electron chi connectivity index (χ1n) is 9.23. The molecule has 4 rings (SSSR count). The molecule has 3 aromatic rings. The van der Waals surface area contributed by atoms with Gasteiger partial charge in [0.15, 0.2) is 0 Å². The topological polar surface area (TPSA) is 41.4 Å². The Morgan fingerprint density at radius 1 is 0.846 bits per heavy atom. The minimum Gasteiger partial charge on any atom is -0.300 e. The van der Waals surface area contributed by atoms with Gasteiger partial charge >= 0.3 is 0 Å². The van der Waals surface area contributed by atoms with E-state index in [1.165, 1.54) is 5.56 Å². The van der Waals surface area contributed by atoms with Gasteiger partial charge in [-0.1, -0.05) is 48.5 Å². The summed E-state index contributed by atoms with van der Waals surface area (Å²) in [5.41, 5.74) is 1.39. The van der Waals surface area contributed by atoms with Crippen molar-refractivity contribution in [3.8, 4) is 0 Å². The van der Waals surface area contributed by atoms with Crippen molar-refractivity contribution in [2.24, 2.45) is 0 Å². The van der Waals surface area contributed by atoms with Gasteiger partial charge in [0.25, 0.3) is 5.56 Å². The Hall–Kier alpha value is -2.50. The second-order valence-electron chi connectivity index (χ2n) is 6.87. The molecule has 1 aromatic heterocycles. The third-order valence-electron chi connectivity index (χ3n) is 5.12. The van der Waals surface area contributed by atoms with Gasteiger partial charge in [-0.25, -0.2) is 4.68 Å². The molecule has 0 unspecified atom stereocenters. The average molecular weight is 348 g/mol. The molecule has 0 aliphatic carbocycles. The fraction of sp³-hybridized carbons (Fsp3) is 0.333. The lowest BCUT2D eigenvalue weighted by molar-refractivity contribution is 0.102. The van der Waals surface area contributed by atoms with Crippen molar-refractivity contribution in [2.45, 2.75) is 13.1 Å². The molecule has 0 atom stereocenters. The smallest absolute Gasteiger partial charge is 0.275 e. The Balaban J connectivity index is 1.33. The summed E-state index contributed by atoms with van der Waals surface area (Å²) in [5.74, 6) is 0. The molecule has 1 aliphatic heterocycles. The maximum absolute atomic E-state index is 12.6. The van der Waals surface area contributed by atoms with Gasteiger partial charge in [0.2, 0.25) is 0 Å². The molecule has 2 heterocycles. The van der Waals surface area contributed by atoms with Crippen LogP contribution in [0.4, 0.5) is 0 Å². The minimum atomic E-state index is -0.00499. The Morgan fingerprint density at radius 2 is 1.54 bits per heavy atom. The van der Waals surface area contributed by atoms with E-state index >= 15 is 0 Å². The van der Waals surface area contributed by atoms with E-state index in [-0.39, 0.29) is 5.56 Å². The summed E-state index contributed by atoms with van der Waals surface area (Å²) < 4.78 is 1.59. The molecule has 5 heteroatoms. The molecule has 0 N–H and O–H groups in total. The Kier molecular flexibility index (Phi) is 5.09. The molecule has 26 heavy (non-hydrogen) atoms. The van der Waals surface area contributed by atoms with Crippen LogP contribution in [-0.2, 0) is 13.1 Å². The number of nitrogens with zero attached hydrogens (tertiary/aromatic N) is 4. The first-order valence-corrected chi connectivity index (χ1v) is 9.23. The second kappa shape index (κ2) is 7.81. The highest BCUT2D eigenvalue weighted by molar-refractivity contribution is 5.80. The van der Waals surface area contributed by atoms with Crippen molar-refractivity contribution in [2.75, 3.05) is 32.7 Å². The maximum atomic E-state index is 12.6. The van der Waals surface area contributed by atoms with E-state index < -0.39 is 0 Å². The quantitative estimate of drug-likeness (QED) is 0.709. The Bertz CT molecular complexity index is 914. The van der Waals surface area contributed by atoms with Crippen LogP contribution in [0.15, 0.2) is 65.6 Å². The fourth-order valence-electron chi connectivity index (χ4n) is 3.50. The molecule has 5 nitrogen and oxygen atoms in total. The van der Waals surface area contributed by atoms with Crippen molar-refractivity contribution >= 4 is 10.8 Å². The highest BCUT2D eigenvalue weighted by Gasteiger charge is 2.17. The van der Waals surface area contributed by atoms with Gasteiger partial charge in [-0.3, -0.25) is 9.69 Å². The summed E-state index contributed by atoms with van der Waals surface area (Å²) in [6.45, 7) is 5.66. The number of piperazine rings is 1. The monoisotopic (exact) mass is 348 g/mol. The van der Waals surface area contributed by atoms with E-state index in [0.717, 1.165) is 49.9 Å². The normalized spacial score (nSPS) is 16.2. The largest absolute Gasteiger partial charge is 0.300 e. The first kappa shape index (κ1) is 16.9. The molecule has 1 fully saturated rings. The fourth-order valence-corrected chi connectivity index (χ4v) is 3.50. The third kappa shape index (κ3) is 3.84. The molecule has 0 amide bonds. The number of rotatable bonds is 5. The van der Waals surface area contributed by atoms with E-state index in [2.05, 4.69) is 45.2 Å². The number of benzene rings is 2. The molecule has 0 bridgehead atoms. The van der Waals surface area contributed by atoms with Crippen LogP contribution < -0.4 is 5.56 Å². The van der Waals surface area contributed by atoms with Crippen LogP contribution >= 0.6 is 0 Å². The molecule has 0 spiro atoms. The molecular weight excluding hydrogens is 324 g/mol. The average Bonchev–Trinajstić information content (AvgIpc) is 2.70. The SMILES string of the molecule is O=c1c2ccccc2cnn1CN1CCN(CCc2ccccc2)CC1. The molecular formula is C21H24N4O. The van der Waals surface area contributed by atoms with Gasteiger partial charge in [-0.05, 0) is 18.1 Å². The van der Waals surface area contributed by atoms with E-state index in [1.807, 2.05) is 24.3 Å². The molecule has 0 radical (unpaired) electrons. The first-order chi connectivity index (χ1) is 12.8. The van der Waals surface area contributed by atoms with Crippen molar-refractivity contribution in [1.82, 2.24) is 19.6 Å². The van der Waals surface area contributed by atoms with Gasteiger partial charge in [0.05, 0.1) is 18.3 Å². The lowest BCUT2D eigenvalue weighted by atomic mass is 10.1. The Morgan fingerprint density at radius 3 is 2.35 bits per heavy atom. The summed E-state index contributed by atoms with van der Waals surface area (Å²) in [5, 5.41) is 5.99. The van der Waals surface area contributed by atoms with Crippen molar-refractivity contribution in [1.29, 1.82) is 0 Å². The number of hydrogen-bond acceptors (Lipinski definition) is 4. The molecule has 2 aromatic carbocycles. The predicted molar refractivity (Wildman–Crippen MR) is 104 cm³/mol. The van der Waals surface area contributed by atoms with Crippen molar-refractivity contribution in [3.63, 3.8) is 0 Å². The van der Waals surface area contributed by atoms with Crippen LogP contribution in [0.1, 0.15) is 5.56 Å². The van der Waals surface area contributed by atoms with Crippen LogP contribution in [0.5, 0.6) is 0 Å². The zero-order chi connectivity index (χ0) is 17.8. The lowest BCUT2D eigenvalue weighted by Gasteiger charge is -2.34. The summed E-state index contributed by atoms with van der Waals surface area (Å²) in [6, 6.07) is 18.3. The molecule has 134 valence electrons. The summed E-state index contributed by atoms with van der Waals surface area (Å²) in [4.78, 5) is 17.4. The summed E-state index contributed by atoms with van der Waals surface area (Å²) >= 11 is 0. The van der Waals surface area contributed by atoms with Gasteiger partial charge in [-0.2, -0.15) is 5.10 Å². The van der Waals surface area contributed by atoms with Crippen LogP contribution in [0.25, 0.3) is 10.8 Å². The zero-order valence-electron chi connectivity index (χ0n) is 14.9. The van der Waals surface area contributed by atoms with Gasteiger partial charge in [0, 0.05) is 38.1 Å². The van der Waals surface area contributed by atoms with E-state index in [9.17, 15) is 4.79 Å². The van der Waals surface area contributed by atoms with Crippen LogP contribution in [0, 0.1) is 0 Å². The summed E-state index contributed by atoms with van der Waals surface area (Å²) in [7, 11) is 0. The minimum absolute atomic E-state index is 0.00499. The number of fused-ring (bicyclic) bond motifs is 1. The highest BCUT2D eigenvalue weighted by atomic mass is 16.1.